The Balaban J connectivity index is 1.69. The van der Waals surface area contributed by atoms with Crippen molar-refractivity contribution in [1.82, 2.24) is 5.32 Å². The summed E-state index contributed by atoms with van der Waals surface area (Å²) in [5.74, 6) is -0.560. The van der Waals surface area contributed by atoms with Crippen LogP contribution in [-0.4, -0.2) is 6.04 Å². The van der Waals surface area contributed by atoms with Crippen molar-refractivity contribution in [1.29, 1.82) is 0 Å². The van der Waals surface area contributed by atoms with Crippen LogP contribution in [0.5, 0.6) is 0 Å². The molecule has 104 valence electrons. The molecule has 1 saturated carbocycles. The molecule has 0 atom stereocenters. The number of nitrogens with one attached hydrogen (secondary N) is 1. The standard InChI is InChI=1S/C16H15F2NS/c17-12-2-1-3-14(9-12)20-16-7-4-11(8-15(16)18)10-19-13-5-6-13/h1-4,7-9,13,19H,5-6,10H2. The topological polar surface area (TPSA) is 12.0 Å². The number of rotatable bonds is 5. The van der Waals surface area contributed by atoms with Gasteiger partial charge in [-0.1, -0.05) is 23.9 Å². The first-order chi connectivity index (χ1) is 9.70. The van der Waals surface area contributed by atoms with Gasteiger partial charge in [-0.15, -0.1) is 0 Å². The molecule has 0 aliphatic heterocycles. The summed E-state index contributed by atoms with van der Waals surface area (Å²) < 4.78 is 27.1. The molecule has 0 heterocycles. The molecule has 2 aromatic rings. The molecule has 0 spiro atoms. The Kier molecular flexibility index (Phi) is 4.03. The Morgan fingerprint density at radius 2 is 1.95 bits per heavy atom. The van der Waals surface area contributed by atoms with Crippen LogP contribution in [-0.2, 0) is 6.54 Å². The average molecular weight is 291 g/mol. The fourth-order valence-corrected chi connectivity index (χ4v) is 2.81. The Bertz CT molecular complexity index is 611. The maximum atomic E-state index is 14.0. The SMILES string of the molecule is Fc1cccc(Sc2ccc(CNC3CC3)cc2F)c1. The first-order valence-corrected chi connectivity index (χ1v) is 7.47. The number of hydrogen-bond donors (Lipinski definition) is 1. The van der Waals surface area contributed by atoms with Crippen LogP contribution in [0, 0.1) is 11.6 Å². The van der Waals surface area contributed by atoms with Crippen LogP contribution in [0.2, 0.25) is 0 Å². The second kappa shape index (κ2) is 5.94. The highest BCUT2D eigenvalue weighted by Crippen LogP contribution is 2.30. The second-order valence-electron chi connectivity index (χ2n) is 4.98. The maximum Gasteiger partial charge on any atom is 0.137 e. The highest BCUT2D eigenvalue weighted by Gasteiger charge is 2.20. The molecular weight excluding hydrogens is 276 g/mol. The van der Waals surface area contributed by atoms with Gasteiger partial charge in [-0.25, -0.2) is 8.78 Å². The van der Waals surface area contributed by atoms with Gasteiger partial charge in [0.2, 0.25) is 0 Å². The van der Waals surface area contributed by atoms with Gasteiger partial charge in [-0.2, -0.15) is 0 Å². The summed E-state index contributed by atoms with van der Waals surface area (Å²) in [7, 11) is 0. The average Bonchev–Trinajstić information content (AvgIpc) is 3.23. The number of halogens is 2. The third kappa shape index (κ3) is 3.58. The molecule has 0 unspecified atom stereocenters. The van der Waals surface area contributed by atoms with Gasteiger partial charge in [0.1, 0.15) is 11.6 Å². The number of benzene rings is 2. The summed E-state index contributed by atoms with van der Waals surface area (Å²) in [6, 6.07) is 12.0. The maximum absolute atomic E-state index is 14.0. The first-order valence-electron chi connectivity index (χ1n) is 6.66. The van der Waals surface area contributed by atoms with E-state index >= 15 is 0 Å². The molecule has 1 nitrogen and oxygen atoms in total. The van der Waals surface area contributed by atoms with E-state index in [0.29, 0.717) is 22.4 Å². The highest BCUT2D eigenvalue weighted by molar-refractivity contribution is 7.99. The lowest BCUT2D eigenvalue weighted by molar-refractivity contribution is 0.595. The van der Waals surface area contributed by atoms with Crippen molar-refractivity contribution in [2.45, 2.75) is 35.2 Å². The third-order valence-electron chi connectivity index (χ3n) is 3.19. The molecule has 3 rings (SSSR count). The minimum Gasteiger partial charge on any atom is -0.310 e. The van der Waals surface area contributed by atoms with E-state index in [2.05, 4.69) is 5.32 Å². The molecule has 0 aromatic heterocycles. The summed E-state index contributed by atoms with van der Waals surface area (Å²) in [5.41, 5.74) is 0.943. The number of hydrogen-bond acceptors (Lipinski definition) is 2. The summed E-state index contributed by atoms with van der Waals surface area (Å²) >= 11 is 1.24. The minimum absolute atomic E-state index is 0.255. The van der Waals surface area contributed by atoms with E-state index in [1.54, 1.807) is 24.3 Å². The predicted octanol–water partition coefficient (Wildman–Crippen LogP) is 4.37. The van der Waals surface area contributed by atoms with Gasteiger partial charge in [-0.05, 0) is 48.7 Å². The van der Waals surface area contributed by atoms with Gasteiger partial charge in [0.05, 0.1) is 0 Å². The van der Waals surface area contributed by atoms with Crippen molar-refractivity contribution in [3.63, 3.8) is 0 Å². The third-order valence-corrected chi connectivity index (χ3v) is 4.23. The lowest BCUT2D eigenvalue weighted by Crippen LogP contribution is -2.15. The van der Waals surface area contributed by atoms with Crippen LogP contribution in [0.1, 0.15) is 18.4 Å². The summed E-state index contributed by atoms with van der Waals surface area (Å²) in [4.78, 5) is 1.22. The molecular formula is C16H15F2NS. The Morgan fingerprint density at radius 1 is 1.10 bits per heavy atom. The van der Waals surface area contributed by atoms with E-state index in [1.165, 1.54) is 36.7 Å². The molecule has 20 heavy (non-hydrogen) atoms. The fraction of sp³-hybridized carbons (Fsp3) is 0.250. The van der Waals surface area contributed by atoms with Crippen molar-refractivity contribution in [3.05, 3.63) is 59.7 Å². The Morgan fingerprint density at radius 3 is 2.65 bits per heavy atom. The van der Waals surface area contributed by atoms with Gasteiger partial charge < -0.3 is 5.32 Å². The first kappa shape index (κ1) is 13.6. The molecule has 2 aromatic carbocycles. The lowest BCUT2D eigenvalue weighted by Gasteiger charge is -2.07. The van der Waals surface area contributed by atoms with Crippen LogP contribution in [0.15, 0.2) is 52.3 Å². The van der Waals surface area contributed by atoms with Crippen molar-refractivity contribution in [3.8, 4) is 0 Å². The van der Waals surface area contributed by atoms with E-state index in [0.717, 1.165) is 5.56 Å². The zero-order chi connectivity index (χ0) is 13.9. The van der Waals surface area contributed by atoms with Crippen LogP contribution < -0.4 is 5.32 Å². The molecule has 1 aliphatic rings. The molecule has 1 fully saturated rings. The molecule has 1 aliphatic carbocycles. The van der Waals surface area contributed by atoms with E-state index in [9.17, 15) is 8.78 Å². The largest absolute Gasteiger partial charge is 0.310 e. The molecule has 1 N–H and O–H groups in total. The van der Waals surface area contributed by atoms with Crippen molar-refractivity contribution in [2.75, 3.05) is 0 Å². The molecule has 0 radical (unpaired) electrons. The molecule has 0 amide bonds. The van der Waals surface area contributed by atoms with Crippen LogP contribution in [0.4, 0.5) is 8.78 Å². The smallest absolute Gasteiger partial charge is 0.137 e. The Labute approximate surface area is 121 Å². The van der Waals surface area contributed by atoms with Crippen molar-refractivity contribution < 1.29 is 8.78 Å². The van der Waals surface area contributed by atoms with Crippen LogP contribution in [0.25, 0.3) is 0 Å². The molecule has 4 heteroatoms. The summed E-state index contributed by atoms with van der Waals surface area (Å²) in [5, 5.41) is 3.35. The van der Waals surface area contributed by atoms with Gasteiger partial charge >= 0.3 is 0 Å². The monoisotopic (exact) mass is 291 g/mol. The quantitative estimate of drug-likeness (QED) is 0.878. The van der Waals surface area contributed by atoms with Crippen LogP contribution >= 0.6 is 11.8 Å². The van der Waals surface area contributed by atoms with Gasteiger partial charge in [-0.3, -0.25) is 0 Å². The summed E-state index contributed by atoms with van der Waals surface area (Å²) in [6.45, 7) is 0.701. The second-order valence-corrected chi connectivity index (χ2v) is 6.09. The van der Waals surface area contributed by atoms with Crippen molar-refractivity contribution >= 4 is 11.8 Å². The lowest BCUT2D eigenvalue weighted by atomic mass is 10.2. The van der Waals surface area contributed by atoms with E-state index in [1.807, 2.05) is 6.07 Å². The zero-order valence-corrected chi connectivity index (χ0v) is 11.7. The van der Waals surface area contributed by atoms with Gasteiger partial charge in [0.15, 0.2) is 0 Å². The zero-order valence-electron chi connectivity index (χ0n) is 10.9. The fourth-order valence-electron chi connectivity index (χ4n) is 1.94. The van der Waals surface area contributed by atoms with Crippen molar-refractivity contribution in [2.24, 2.45) is 0 Å². The van der Waals surface area contributed by atoms with Gasteiger partial charge in [0, 0.05) is 22.4 Å². The molecule has 0 bridgehead atoms. The van der Waals surface area contributed by atoms with E-state index in [4.69, 9.17) is 0 Å². The van der Waals surface area contributed by atoms with Crippen LogP contribution in [0.3, 0.4) is 0 Å². The summed E-state index contributed by atoms with van der Waals surface area (Å²) in [6.07, 6.45) is 2.44. The Hall–Kier alpha value is -1.39. The molecule has 0 saturated heterocycles. The highest BCUT2D eigenvalue weighted by atomic mass is 32.2. The predicted molar refractivity (Wildman–Crippen MR) is 76.8 cm³/mol. The van der Waals surface area contributed by atoms with E-state index in [-0.39, 0.29) is 11.6 Å². The van der Waals surface area contributed by atoms with E-state index < -0.39 is 0 Å². The normalized spacial score (nSPS) is 14.5. The van der Waals surface area contributed by atoms with Gasteiger partial charge in [0.25, 0.3) is 0 Å². The minimum atomic E-state index is -0.305.